The molecule has 0 radical (unpaired) electrons. The van der Waals surface area contributed by atoms with Crippen LogP contribution in [0.15, 0.2) is 11.7 Å². The molecule has 0 bridgehead atoms. The van der Waals surface area contributed by atoms with Crippen LogP contribution in [0.4, 0.5) is 0 Å². The van der Waals surface area contributed by atoms with Crippen LogP contribution < -0.4 is 5.32 Å². The molecule has 0 aliphatic carbocycles. The molecule has 1 aromatic heterocycles. The summed E-state index contributed by atoms with van der Waals surface area (Å²) in [6, 6.07) is 0.176. The number of likely N-dealkylation sites (N-methyl/N-ethyl adjacent to an activating group) is 1. The molecular weight excluding hydrogens is 172 g/mol. The lowest BCUT2D eigenvalue weighted by molar-refractivity contribution is 0.244. The van der Waals surface area contributed by atoms with Gasteiger partial charge in [-0.1, -0.05) is 6.92 Å². The number of aliphatic hydroxyl groups excluding tert-OH is 1. The average molecular weight is 186 g/mol. The summed E-state index contributed by atoms with van der Waals surface area (Å²) in [6.45, 7) is 3.12. The zero-order valence-corrected chi connectivity index (χ0v) is 7.97. The zero-order valence-electron chi connectivity index (χ0n) is 7.16. The first kappa shape index (κ1) is 9.64. The number of thiazole rings is 1. The van der Waals surface area contributed by atoms with E-state index < -0.39 is 0 Å². The van der Waals surface area contributed by atoms with E-state index in [0.29, 0.717) is 0 Å². The van der Waals surface area contributed by atoms with Crippen LogP contribution in [0.1, 0.15) is 11.8 Å². The van der Waals surface area contributed by atoms with E-state index in [9.17, 15) is 0 Å². The lowest BCUT2D eigenvalue weighted by Gasteiger charge is -2.12. The van der Waals surface area contributed by atoms with Crippen LogP contribution in [0.2, 0.25) is 0 Å². The Hall–Kier alpha value is -0.450. The molecule has 0 saturated carbocycles. The Kier molecular flexibility index (Phi) is 4.21. The fraction of sp³-hybridized carbons (Fsp3) is 0.625. The van der Waals surface area contributed by atoms with E-state index >= 15 is 0 Å². The molecule has 0 amide bonds. The molecule has 12 heavy (non-hydrogen) atoms. The molecule has 1 atom stereocenters. The van der Waals surface area contributed by atoms with Crippen molar-refractivity contribution in [1.82, 2.24) is 10.3 Å². The van der Waals surface area contributed by atoms with Gasteiger partial charge >= 0.3 is 0 Å². The van der Waals surface area contributed by atoms with Crippen molar-refractivity contribution in [3.8, 4) is 0 Å². The highest BCUT2D eigenvalue weighted by molar-refractivity contribution is 7.09. The summed E-state index contributed by atoms with van der Waals surface area (Å²) in [5.41, 5.74) is 1.82. The summed E-state index contributed by atoms with van der Waals surface area (Å²) in [5.74, 6) is 0. The summed E-state index contributed by atoms with van der Waals surface area (Å²) in [4.78, 5) is 5.20. The fourth-order valence-electron chi connectivity index (χ4n) is 1.08. The molecule has 0 aromatic carbocycles. The lowest BCUT2D eigenvalue weighted by atomic mass is 10.2. The van der Waals surface area contributed by atoms with Gasteiger partial charge in [0.2, 0.25) is 0 Å². The second-order valence-electron chi connectivity index (χ2n) is 2.61. The highest BCUT2D eigenvalue weighted by atomic mass is 32.1. The number of rotatable bonds is 5. The van der Waals surface area contributed by atoms with Gasteiger partial charge in [0.05, 0.1) is 12.1 Å². The van der Waals surface area contributed by atoms with Crippen LogP contribution in [0.3, 0.4) is 0 Å². The largest absolute Gasteiger partial charge is 0.395 e. The molecule has 1 rings (SSSR count). The molecule has 0 aliphatic rings. The number of nitrogens with one attached hydrogen (secondary N) is 1. The van der Waals surface area contributed by atoms with E-state index in [1.54, 1.807) is 11.3 Å². The highest BCUT2D eigenvalue weighted by Gasteiger charge is 2.06. The van der Waals surface area contributed by atoms with Crippen LogP contribution in [-0.2, 0) is 6.42 Å². The smallest absolute Gasteiger partial charge is 0.0794 e. The summed E-state index contributed by atoms with van der Waals surface area (Å²) >= 11 is 1.63. The van der Waals surface area contributed by atoms with Gasteiger partial charge in [-0.2, -0.15) is 0 Å². The number of nitrogens with zero attached hydrogens (tertiary/aromatic N) is 1. The van der Waals surface area contributed by atoms with Crippen molar-refractivity contribution < 1.29 is 5.11 Å². The molecule has 3 nitrogen and oxygen atoms in total. The SMILES string of the molecule is CCNC(CO)Cc1cncs1. The predicted octanol–water partition coefficient (Wildman–Crippen LogP) is 0.656. The highest BCUT2D eigenvalue weighted by Crippen LogP contribution is 2.08. The van der Waals surface area contributed by atoms with Crippen LogP contribution in [0, 0.1) is 0 Å². The van der Waals surface area contributed by atoms with Gasteiger partial charge in [-0.05, 0) is 6.54 Å². The van der Waals surface area contributed by atoms with E-state index in [1.165, 1.54) is 4.88 Å². The molecule has 4 heteroatoms. The normalized spacial score (nSPS) is 13.2. The Morgan fingerprint density at radius 2 is 2.58 bits per heavy atom. The van der Waals surface area contributed by atoms with Gasteiger partial charge in [0, 0.05) is 23.5 Å². The topological polar surface area (TPSA) is 45.1 Å². The molecule has 0 aliphatic heterocycles. The van der Waals surface area contributed by atoms with Gasteiger partial charge in [-0.25, -0.2) is 0 Å². The first-order valence-electron chi connectivity index (χ1n) is 4.08. The van der Waals surface area contributed by atoms with Crippen molar-refractivity contribution in [1.29, 1.82) is 0 Å². The van der Waals surface area contributed by atoms with E-state index in [4.69, 9.17) is 5.11 Å². The Balaban J connectivity index is 2.37. The second-order valence-corrected chi connectivity index (χ2v) is 3.58. The minimum Gasteiger partial charge on any atom is -0.395 e. The molecule has 0 saturated heterocycles. The summed E-state index contributed by atoms with van der Waals surface area (Å²) in [6.07, 6.45) is 2.72. The van der Waals surface area contributed by atoms with Crippen molar-refractivity contribution in [3.05, 3.63) is 16.6 Å². The van der Waals surface area contributed by atoms with Crippen molar-refractivity contribution >= 4 is 11.3 Å². The maximum atomic E-state index is 8.98. The third-order valence-corrected chi connectivity index (χ3v) is 2.45. The summed E-state index contributed by atoms with van der Waals surface area (Å²) in [5, 5.41) is 12.2. The summed E-state index contributed by atoms with van der Waals surface area (Å²) in [7, 11) is 0. The number of hydrogen-bond donors (Lipinski definition) is 2. The van der Waals surface area contributed by atoms with Crippen molar-refractivity contribution in [2.75, 3.05) is 13.2 Å². The molecule has 2 N–H and O–H groups in total. The van der Waals surface area contributed by atoms with Crippen molar-refractivity contribution in [2.24, 2.45) is 0 Å². The molecular formula is C8H14N2OS. The lowest BCUT2D eigenvalue weighted by Crippen LogP contribution is -2.33. The Labute approximate surface area is 76.5 Å². The maximum absolute atomic E-state index is 8.98. The quantitative estimate of drug-likeness (QED) is 0.710. The van der Waals surface area contributed by atoms with Crippen molar-refractivity contribution in [2.45, 2.75) is 19.4 Å². The third kappa shape index (κ3) is 2.89. The molecule has 0 spiro atoms. The third-order valence-electron chi connectivity index (χ3n) is 1.64. The maximum Gasteiger partial charge on any atom is 0.0794 e. The predicted molar refractivity (Wildman–Crippen MR) is 50.4 cm³/mol. The second kappa shape index (κ2) is 5.24. The van der Waals surface area contributed by atoms with E-state index in [-0.39, 0.29) is 12.6 Å². The molecule has 1 aromatic rings. The Bertz CT molecular complexity index is 201. The Morgan fingerprint density at radius 3 is 3.08 bits per heavy atom. The standard InChI is InChI=1S/C8H14N2OS/c1-2-10-7(5-11)3-8-4-9-6-12-8/h4,6-7,10-11H,2-3,5H2,1H3. The average Bonchev–Trinajstić information content (AvgIpc) is 2.56. The van der Waals surface area contributed by atoms with Crippen LogP contribution >= 0.6 is 11.3 Å². The number of aliphatic hydroxyl groups is 1. The first-order chi connectivity index (χ1) is 5.86. The fourth-order valence-corrected chi connectivity index (χ4v) is 1.75. The van der Waals surface area contributed by atoms with Crippen molar-refractivity contribution in [3.63, 3.8) is 0 Å². The molecule has 0 fully saturated rings. The number of aromatic nitrogens is 1. The molecule has 68 valence electrons. The number of hydrogen-bond acceptors (Lipinski definition) is 4. The minimum absolute atomic E-state index is 0.176. The van der Waals surface area contributed by atoms with Gasteiger partial charge in [0.25, 0.3) is 0 Å². The molecule has 1 heterocycles. The van der Waals surface area contributed by atoms with Gasteiger partial charge in [0.1, 0.15) is 0 Å². The van der Waals surface area contributed by atoms with Gasteiger partial charge < -0.3 is 10.4 Å². The first-order valence-corrected chi connectivity index (χ1v) is 4.96. The van der Waals surface area contributed by atoms with Crippen LogP contribution in [0.5, 0.6) is 0 Å². The summed E-state index contributed by atoms with van der Waals surface area (Å²) < 4.78 is 0. The molecule has 1 unspecified atom stereocenters. The minimum atomic E-state index is 0.176. The Morgan fingerprint density at radius 1 is 1.75 bits per heavy atom. The van der Waals surface area contributed by atoms with Gasteiger partial charge in [-0.15, -0.1) is 11.3 Å². The van der Waals surface area contributed by atoms with Gasteiger partial charge in [0.15, 0.2) is 0 Å². The van der Waals surface area contributed by atoms with Crippen LogP contribution in [0.25, 0.3) is 0 Å². The van der Waals surface area contributed by atoms with E-state index in [0.717, 1.165) is 13.0 Å². The van der Waals surface area contributed by atoms with Crippen LogP contribution in [-0.4, -0.2) is 29.3 Å². The van der Waals surface area contributed by atoms with E-state index in [2.05, 4.69) is 10.3 Å². The van der Waals surface area contributed by atoms with Gasteiger partial charge in [-0.3, -0.25) is 4.98 Å². The van der Waals surface area contributed by atoms with E-state index in [1.807, 2.05) is 18.6 Å². The monoisotopic (exact) mass is 186 g/mol. The zero-order chi connectivity index (χ0) is 8.81.